The molecule has 2 heterocycles. The molecule has 0 fully saturated rings. The fraction of sp³-hybridized carbons (Fsp3) is 0.125. The average Bonchev–Trinajstić information content (AvgIpc) is 2.99. The lowest BCUT2D eigenvalue weighted by atomic mass is 10.2. The number of nitrogens with zero attached hydrogens (tertiary/aromatic N) is 2. The summed E-state index contributed by atoms with van der Waals surface area (Å²) in [6.07, 6.45) is 1.68. The molecule has 0 bridgehead atoms. The Morgan fingerprint density at radius 2 is 2.00 bits per heavy atom. The first-order valence-electron chi connectivity index (χ1n) is 6.82. The Labute approximate surface area is 137 Å². The van der Waals surface area contributed by atoms with Crippen molar-refractivity contribution in [1.29, 1.82) is 0 Å². The number of benzene rings is 1. The Hall–Kier alpha value is -2.11. The largest absolute Gasteiger partial charge is 0.494 e. The molecule has 3 aromatic rings. The van der Waals surface area contributed by atoms with Gasteiger partial charge in [-0.05, 0) is 43.3 Å². The van der Waals surface area contributed by atoms with Crippen LogP contribution in [0.3, 0.4) is 0 Å². The Bertz CT molecular complexity index is 741. The molecule has 0 radical (unpaired) electrons. The first kappa shape index (κ1) is 14.8. The Morgan fingerprint density at radius 3 is 2.68 bits per heavy atom. The van der Waals surface area contributed by atoms with Crippen molar-refractivity contribution in [2.75, 3.05) is 11.9 Å². The summed E-state index contributed by atoms with van der Waals surface area (Å²) in [5.41, 5.74) is 2.84. The van der Waals surface area contributed by atoms with Crippen molar-refractivity contribution in [2.24, 2.45) is 0 Å². The van der Waals surface area contributed by atoms with Crippen LogP contribution in [0.15, 0.2) is 48.0 Å². The van der Waals surface area contributed by atoms with E-state index in [1.165, 1.54) is 0 Å². The number of halogens is 1. The summed E-state index contributed by atoms with van der Waals surface area (Å²) in [7, 11) is 0. The monoisotopic (exact) mass is 331 g/mol. The highest BCUT2D eigenvalue weighted by Gasteiger charge is 2.05. The van der Waals surface area contributed by atoms with Gasteiger partial charge in [-0.3, -0.25) is 0 Å². The predicted molar refractivity (Wildman–Crippen MR) is 91.2 cm³/mol. The van der Waals surface area contributed by atoms with Crippen molar-refractivity contribution in [3.63, 3.8) is 0 Å². The van der Waals surface area contributed by atoms with Crippen molar-refractivity contribution in [3.8, 4) is 17.0 Å². The molecule has 0 saturated carbocycles. The number of hydrogen-bond acceptors (Lipinski definition) is 5. The molecule has 1 N–H and O–H groups in total. The van der Waals surface area contributed by atoms with Crippen molar-refractivity contribution in [2.45, 2.75) is 6.92 Å². The molecule has 22 heavy (non-hydrogen) atoms. The third kappa shape index (κ3) is 3.55. The minimum Gasteiger partial charge on any atom is -0.494 e. The second-order valence-corrected chi connectivity index (χ2v) is 5.74. The molecule has 0 amide bonds. The van der Waals surface area contributed by atoms with Gasteiger partial charge in [0.25, 0.3) is 0 Å². The highest BCUT2D eigenvalue weighted by molar-refractivity contribution is 7.14. The van der Waals surface area contributed by atoms with Gasteiger partial charge in [-0.15, -0.1) is 11.3 Å². The van der Waals surface area contributed by atoms with Crippen LogP contribution >= 0.6 is 22.9 Å². The number of ether oxygens (including phenoxy) is 1. The number of anilines is 2. The van der Waals surface area contributed by atoms with Crippen LogP contribution in [0, 0.1) is 0 Å². The lowest BCUT2D eigenvalue weighted by molar-refractivity contribution is 0.340. The van der Waals surface area contributed by atoms with Gasteiger partial charge in [0, 0.05) is 10.9 Å². The molecular formula is C16H14ClN3OS. The standard InChI is InChI=1S/C16H14ClN3OS/c1-2-21-13-6-3-11(4-7-13)14-10-22-16(20-14)19-12-5-8-15(17)18-9-12/h3-10H,2H2,1H3,(H,19,20). The highest BCUT2D eigenvalue weighted by atomic mass is 35.5. The number of rotatable bonds is 5. The lowest BCUT2D eigenvalue weighted by Gasteiger charge is -2.03. The predicted octanol–water partition coefficient (Wildman–Crippen LogP) is 5.00. The summed E-state index contributed by atoms with van der Waals surface area (Å²) in [4.78, 5) is 8.61. The third-order valence-electron chi connectivity index (χ3n) is 2.94. The van der Waals surface area contributed by atoms with Crippen LogP contribution in [0.25, 0.3) is 11.3 Å². The molecule has 0 spiro atoms. The summed E-state index contributed by atoms with van der Waals surface area (Å²) in [5, 5.41) is 6.51. The van der Waals surface area contributed by atoms with Crippen LogP contribution in [0.4, 0.5) is 10.8 Å². The Balaban J connectivity index is 1.74. The summed E-state index contributed by atoms with van der Waals surface area (Å²) >= 11 is 7.32. The maximum absolute atomic E-state index is 5.77. The van der Waals surface area contributed by atoms with E-state index in [4.69, 9.17) is 16.3 Å². The SMILES string of the molecule is CCOc1ccc(-c2csc(Nc3ccc(Cl)nc3)n2)cc1. The van der Waals surface area contributed by atoms with Crippen LogP contribution in [0.5, 0.6) is 5.75 Å². The van der Waals surface area contributed by atoms with E-state index in [2.05, 4.69) is 15.3 Å². The molecule has 2 aromatic heterocycles. The van der Waals surface area contributed by atoms with Gasteiger partial charge in [0.1, 0.15) is 10.9 Å². The van der Waals surface area contributed by atoms with Gasteiger partial charge < -0.3 is 10.1 Å². The van der Waals surface area contributed by atoms with Crippen LogP contribution in [-0.4, -0.2) is 16.6 Å². The van der Waals surface area contributed by atoms with E-state index in [1.54, 1.807) is 23.6 Å². The molecular weight excluding hydrogens is 318 g/mol. The van der Waals surface area contributed by atoms with E-state index in [-0.39, 0.29) is 0 Å². The Kier molecular flexibility index (Phi) is 4.56. The second-order valence-electron chi connectivity index (χ2n) is 4.49. The zero-order valence-corrected chi connectivity index (χ0v) is 13.5. The molecule has 0 unspecified atom stereocenters. The number of thiazole rings is 1. The van der Waals surface area contributed by atoms with E-state index < -0.39 is 0 Å². The topological polar surface area (TPSA) is 47.0 Å². The van der Waals surface area contributed by atoms with E-state index >= 15 is 0 Å². The van der Waals surface area contributed by atoms with Gasteiger partial charge in [-0.1, -0.05) is 11.6 Å². The van der Waals surface area contributed by atoms with Crippen molar-refractivity contribution in [3.05, 3.63) is 53.1 Å². The lowest BCUT2D eigenvalue weighted by Crippen LogP contribution is -1.91. The first-order valence-corrected chi connectivity index (χ1v) is 8.07. The molecule has 4 nitrogen and oxygen atoms in total. The van der Waals surface area contributed by atoms with Gasteiger partial charge in [0.15, 0.2) is 5.13 Å². The van der Waals surface area contributed by atoms with E-state index in [0.29, 0.717) is 11.8 Å². The number of aromatic nitrogens is 2. The van der Waals surface area contributed by atoms with E-state index in [9.17, 15) is 0 Å². The van der Waals surface area contributed by atoms with Crippen molar-refractivity contribution >= 4 is 33.8 Å². The first-order chi connectivity index (χ1) is 10.7. The molecule has 0 saturated heterocycles. The molecule has 0 aliphatic rings. The van der Waals surface area contributed by atoms with Crippen LogP contribution in [0.2, 0.25) is 5.15 Å². The van der Waals surface area contributed by atoms with Crippen molar-refractivity contribution < 1.29 is 4.74 Å². The Morgan fingerprint density at radius 1 is 1.18 bits per heavy atom. The number of pyridine rings is 1. The van der Waals surface area contributed by atoms with E-state index in [1.807, 2.05) is 42.6 Å². The fourth-order valence-electron chi connectivity index (χ4n) is 1.93. The maximum atomic E-state index is 5.77. The molecule has 1 aromatic carbocycles. The van der Waals surface area contributed by atoms with Gasteiger partial charge in [-0.2, -0.15) is 0 Å². The number of hydrogen-bond donors (Lipinski definition) is 1. The molecule has 3 rings (SSSR count). The molecule has 6 heteroatoms. The summed E-state index contributed by atoms with van der Waals surface area (Å²) in [5.74, 6) is 0.868. The average molecular weight is 332 g/mol. The zero-order valence-electron chi connectivity index (χ0n) is 11.9. The number of nitrogens with one attached hydrogen (secondary N) is 1. The van der Waals surface area contributed by atoms with Gasteiger partial charge in [-0.25, -0.2) is 9.97 Å². The van der Waals surface area contributed by atoms with Crippen LogP contribution in [-0.2, 0) is 0 Å². The van der Waals surface area contributed by atoms with Crippen LogP contribution < -0.4 is 10.1 Å². The van der Waals surface area contributed by atoms with Crippen LogP contribution in [0.1, 0.15) is 6.92 Å². The maximum Gasteiger partial charge on any atom is 0.187 e. The molecule has 0 aliphatic carbocycles. The van der Waals surface area contributed by atoms with Gasteiger partial charge in [0.2, 0.25) is 0 Å². The fourth-order valence-corrected chi connectivity index (χ4v) is 2.78. The van der Waals surface area contributed by atoms with E-state index in [0.717, 1.165) is 27.8 Å². The quantitative estimate of drug-likeness (QED) is 0.668. The smallest absolute Gasteiger partial charge is 0.187 e. The molecule has 112 valence electrons. The van der Waals surface area contributed by atoms with Gasteiger partial charge in [0.05, 0.1) is 24.2 Å². The van der Waals surface area contributed by atoms with Crippen molar-refractivity contribution in [1.82, 2.24) is 9.97 Å². The summed E-state index contributed by atoms with van der Waals surface area (Å²) in [6, 6.07) is 11.5. The molecule has 0 atom stereocenters. The second kappa shape index (κ2) is 6.77. The highest BCUT2D eigenvalue weighted by Crippen LogP contribution is 2.28. The van der Waals surface area contributed by atoms with Gasteiger partial charge >= 0.3 is 0 Å². The minimum absolute atomic E-state index is 0.472. The summed E-state index contributed by atoms with van der Waals surface area (Å²) in [6.45, 7) is 2.64. The zero-order chi connectivity index (χ0) is 15.4. The third-order valence-corrected chi connectivity index (χ3v) is 3.93. The summed E-state index contributed by atoms with van der Waals surface area (Å²) < 4.78 is 5.44. The molecule has 0 aliphatic heterocycles. The normalized spacial score (nSPS) is 10.5. The minimum atomic E-state index is 0.472.